The number of nitrogens with zero attached hydrogens (tertiary/aromatic N) is 2. The molecule has 1 aromatic heterocycles. The summed E-state index contributed by atoms with van der Waals surface area (Å²) in [5.41, 5.74) is 0.299. The highest BCUT2D eigenvalue weighted by Crippen LogP contribution is 2.42. The smallest absolute Gasteiger partial charge is 0.328 e. The first-order valence-corrected chi connectivity index (χ1v) is 12.0. The predicted octanol–water partition coefficient (Wildman–Crippen LogP) is 0.359. The van der Waals surface area contributed by atoms with E-state index < -0.39 is 54.0 Å². The molecule has 2 aliphatic rings. The van der Waals surface area contributed by atoms with Gasteiger partial charge in [0, 0.05) is 6.20 Å². The third kappa shape index (κ3) is 2.84. The lowest BCUT2D eigenvalue weighted by atomic mass is 10.0. The Morgan fingerprint density at radius 3 is 2.43 bits per heavy atom. The van der Waals surface area contributed by atoms with Gasteiger partial charge in [-0.05, 0) is 30.3 Å². The number of carbonyl (C=O) groups excluding carboxylic acids is 1. The van der Waals surface area contributed by atoms with Crippen LogP contribution in [0.25, 0.3) is 6.08 Å². The van der Waals surface area contributed by atoms with Crippen molar-refractivity contribution in [2.24, 2.45) is 0 Å². The van der Waals surface area contributed by atoms with Gasteiger partial charge in [0.15, 0.2) is 25.0 Å². The predicted molar refractivity (Wildman–Crippen MR) is 105 cm³/mol. The van der Waals surface area contributed by atoms with Crippen LogP contribution in [0.5, 0.6) is 0 Å². The van der Waals surface area contributed by atoms with E-state index in [1.807, 2.05) is 0 Å². The molecule has 1 aromatic carbocycles. The summed E-state index contributed by atoms with van der Waals surface area (Å²) in [5.74, 6) is -3.69. The van der Waals surface area contributed by atoms with Crippen LogP contribution in [-0.4, -0.2) is 66.1 Å². The highest BCUT2D eigenvalue weighted by Gasteiger charge is 2.66. The number of benzene rings is 1. The van der Waals surface area contributed by atoms with Crippen molar-refractivity contribution in [1.29, 1.82) is 0 Å². The quantitative estimate of drug-likeness (QED) is 0.522. The molecule has 0 radical (unpaired) electrons. The molecule has 2 saturated heterocycles. The summed E-state index contributed by atoms with van der Waals surface area (Å²) in [4.78, 5) is 29.3. The van der Waals surface area contributed by atoms with E-state index in [1.165, 1.54) is 36.5 Å². The lowest BCUT2D eigenvalue weighted by Crippen LogP contribution is -2.73. The molecule has 1 unspecified atom stereocenters. The van der Waals surface area contributed by atoms with Crippen LogP contribution in [0, 0.1) is 0 Å². The molecule has 2 aromatic rings. The van der Waals surface area contributed by atoms with Gasteiger partial charge in [-0.25, -0.2) is 16.8 Å². The lowest BCUT2D eigenvalue weighted by Gasteiger charge is -2.50. The summed E-state index contributed by atoms with van der Waals surface area (Å²) in [5, 5.41) is 8.43. The third-order valence-corrected chi connectivity index (χ3v) is 9.84. The molecule has 0 bridgehead atoms. The summed E-state index contributed by atoms with van der Waals surface area (Å²) < 4.78 is 49.7. The Kier molecular flexibility index (Phi) is 4.55. The first-order valence-electron chi connectivity index (χ1n) is 8.78. The van der Waals surface area contributed by atoms with Gasteiger partial charge >= 0.3 is 5.97 Å². The molecule has 0 spiro atoms. The molecular formula is C19H16N2O7S2. The van der Waals surface area contributed by atoms with Gasteiger partial charge in [0.25, 0.3) is 5.91 Å². The van der Waals surface area contributed by atoms with Crippen LogP contribution in [0.4, 0.5) is 0 Å². The largest absolute Gasteiger partial charge is 0.480 e. The van der Waals surface area contributed by atoms with E-state index in [-0.39, 0.29) is 10.5 Å². The molecule has 9 nitrogen and oxygen atoms in total. The zero-order valence-electron chi connectivity index (χ0n) is 15.4. The van der Waals surface area contributed by atoms with E-state index in [1.54, 1.807) is 24.3 Å². The molecule has 3 heterocycles. The van der Waals surface area contributed by atoms with E-state index in [0.29, 0.717) is 5.69 Å². The number of fused-ring (bicyclic) bond motifs is 1. The summed E-state index contributed by atoms with van der Waals surface area (Å²) in [6, 6.07) is 11.7. The monoisotopic (exact) mass is 448 g/mol. The number of aromatic nitrogens is 1. The van der Waals surface area contributed by atoms with E-state index in [9.17, 15) is 31.5 Å². The fraction of sp³-hybridized carbons (Fsp3) is 0.211. The highest BCUT2D eigenvalue weighted by atomic mass is 32.2. The highest BCUT2D eigenvalue weighted by molar-refractivity contribution is 7.97. The Labute approximate surface area is 172 Å². The number of rotatable bonds is 4. The number of amides is 1. The SMILES string of the molecule is O=C1C(=Cc2ccccn2)[C@@H]2N1CC(C(=O)O)(S(=O)(=O)c1ccccc1)CS2(=O)=O. The fourth-order valence-electron chi connectivity index (χ4n) is 3.73. The minimum atomic E-state index is -4.62. The number of sulfone groups is 2. The minimum Gasteiger partial charge on any atom is -0.480 e. The third-order valence-electron chi connectivity index (χ3n) is 5.21. The lowest BCUT2D eigenvalue weighted by molar-refractivity contribution is -0.143. The van der Waals surface area contributed by atoms with Crippen LogP contribution in [0.2, 0.25) is 0 Å². The molecule has 0 aliphatic carbocycles. The summed E-state index contributed by atoms with van der Waals surface area (Å²) in [7, 11) is -8.94. The van der Waals surface area contributed by atoms with Crippen molar-refractivity contribution >= 4 is 37.6 Å². The Bertz CT molecular complexity index is 1270. The van der Waals surface area contributed by atoms with Crippen LogP contribution in [0.1, 0.15) is 5.69 Å². The molecule has 11 heteroatoms. The zero-order valence-corrected chi connectivity index (χ0v) is 17.0. The van der Waals surface area contributed by atoms with Gasteiger partial charge in [0.05, 0.1) is 28.5 Å². The molecular weight excluding hydrogens is 432 g/mol. The van der Waals surface area contributed by atoms with Gasteiger partial charge in [-0.15, -0.1) is 0 Å². The molecule has 1 amide bonds. The number of hydrogen-bond acceptors (Lipinski definition) is 7. The molecule has 1 N–H and O–H groups in total. The molecule has 30 heavy (non-hydrogen) atoms. The summed E-state index contributed by atoms with van der Waals surface area (Å²) in [6.45, 7) is -0.762. The molecule has 2 atom stereocenters. The Hall–Kier alpha value is -3.05. The molecule has 4 rings (SSSR count). The average Bonchev–Trinajstić information content (AvgIpc) is 2.72. The van der Waals surface area contributed by atoms with Crippen LogP contribution in [0.3, 0.4) is 0 Å². The average molecular weight is 448 g/mol. The van der Waals surface area contributed by atoms with Crippen molar-refractivity contribution in [3.05, 3.63) is 66.0 Å². The van der Waals surface area contributed by atoms with Crippen molar-refractivity contribution < 1.29 is 31.5 Å². The molecule has 156 valence electrons. The number of hydrogen-bond donors (Lipinski definition) is 1. The Morgan fingerprint density at radius 2 is 1.83 bits per heavy atom. The van der Waals surface area contributed by atoms with Crippen molar-refractivity contribution in [2.75, 3.05) is 12.3 Å². The normalized spacial score (nSPS) is 26.7. The second-order valence-corrected chi connectivity index (χ2v) is 11.4. The first-order chi connectivity index (χ1) is 14.1. The van der Waals surface area contributed by atoms with E-state index in [0.717, 1.165) is 4.90 Å². The van der Waals surface area contributed by atoms with Gasteiger partial charge in [-0.3, -0.25) is 14.6 Å². The summed E-state index contributed by atoms with van der Waals surface area (Å²) >= 11 is 0. The van der Waals surface area contributed by atoms with Gasteiger partial charge in [0.1, 0.15) is 0 Å². The molecule has 2 aliphatic heterocycles. The first kappa shape index (κ1) is 20.2. The number of carboxylic acids is 1. The molecule has 2 fully saturated rings. The molecule has 0 saturated carbocycles. The number of pyridine rings is 1. The van der Waals surface area contributed by atoms with E-state index in [2.05, 4.69) is 4.98 Å². The van der Waals surface area contributed by atoms with Crippen LogP contribution < -0.4 is 0 Å². The van der Waals surface area contributed by atoms with E-state index >= 15 is 0 Å². The van der Waals surface area contributed by atoms with Crippen molar-refractivity contribution in [1.82, 2.24) is 9.88 Å². The Morgan fingerprint density at radius 1 is 1.17 bits per heavy atom. The van der Waals surface area contributed by atoms with Crippen molar-refractivity contribution in [3.8, 4) is 0 Å². The number of β-lactam (4-membered cyclic amide) rings is 1. The maximum absolute atomic E-state index is 13.2. The van der Waals surface area contributed by atoms with Gasteiger partial charge in [-0.1, -0.05) is 24.3 Å². The van der Waals surface area contributed by atoms with Gasteiger partial charge < -0.3 is 10.0 Å². The van der Waals surface area contributed by atoms with Crippen LogP contribution in [-0.2, 0) is 29.3 Å². The van der Waals surface area contributed by atoms with Gasteiger partial charge in [0.2, 0.25) is 4.75 Å². The standard InChI is InChI=1S/C19H16N2O7S2/c22-16-15(10-13-6-4-5-9-20-13)17-21(16)11-19(18(23)24,12-29(17,25)26)30(27,28)14-7-2-1-3-8-14/h1-10,17H,11-12H2,(H,23,24)/t17-,19?/m1/s1. The topological polar surface area (TPSA) is 139 Å². The number of aliphatic carboxylic acids is 1. The van der Waals surface area contributed by atoms with Crippen molar-refractivity contribution in [3.63, 3.8) is 0 Å². The zero-order chi connectivity index (χ0) is 21.7. The van der Waals surface area contributed by atoms with Crippen LogP contribution >= 0.6 is 0 Å². The van der Waals surface area contributed by atoms with Crippen LogP contribution in [0.15, 0.2) is 65.2 Å². The second-order valence-electron chi connectivity index (χ2n) is 7.06. The van der Waals surface area contributed by atoms with Crippen molar-refractivity contribution in [2.45, 2.75) is 15.0 Å². The van der Waals surface area contributed by atoms with E-state index in [4.69, 9.17) is 0 Å². The maximum Gasteiger partial charge on any atom is 0.328 e. The van der Waals surface area contributed by atoms with Gasteiger partial charge in [-0.2, -0.15) is 0 Å². The number of carbonyl (C=O) groups is 2. The minimum absolute atomic E-state index is 0.0650. The fourth-order valence-corrected chi connectivity index (χ4v) is 8.49. The Balaban J connectivity index is 1.80. The second kappa shape index (κ2) is 6.74. The number of carboxylic acid groups (broad SMARTS) is 1. The summed E-state index contributed by atoms with van der Waals surface area (Å²) in [6.07, 6.45) is 2.80. The maximum atomic E-state index is 13.2.